The van der Waals surface area contributed by atoms with Gasteiger partial charge in [0.1, 0.15) is 0 Å². The largest absolute Gasteiger partial charge is 0.483 e. The van der Waals surface area contributed by atoms with Gasteiger partial charge in [0.15, 0.2) is 0 Å². The maximum Gasteiger partial charge on any atom is 0.303 e. The van der Waals surface area contributed by atoms with Crippen LogP contribution in [0.2, 0.25) is 0 Å². The van der Waals surface area contributed by atoms with Crippen molar-refractivity contribution < 1.29 is 19.8 Å². The number of hydrogen-bond acceptors (Lipinski definition) is 2. The van der Waals surface area contributed by atoms with Gasteiger partial charge in [0.05, 0.1) is 0 Å². The van der Waals surface area contributed by atoms with E-state index in [1.165, 1.54) is 0 Å². The lowest BCUT2D eigenvalue weighted by Crippen LogP contribution is -1.91. The summed E-state index contributed by atoms with van der Waals surface area (Å²) in [6.45, 7) is 7.73. The van der Waals surface area contributed by atoms with E-state index in [1.807, 2.05) is 6.92 Å². The molecule has 0 heterocycles. The predicted octanol–water partition coefficient (Wildman–Crippen LogP) is 1.76. The van der Waals surface area contributed by atoms with E-state index in [9.17, 15) is 4.79 Å². The van der Waals surface area contributed by atoms with E-state index in [-0.39, 0.29) is 6.47 Å². The van der Waals surface area contributed by atoms with E-state index in [0.717, 1.165) is 12.8 Å². The molecule has 0 saturated heterocycles. The van der Waals surface area contributed by atoms with Crippen molar-refractivity contribution in [3.8, 4) is 0 Å². The van der Waals surface area contributed by atoms with Crippen LogP contribution in [0.5, 0.6) is 0 Å². The highest BCUT2D eigenvalue weighted by atomic mass is 16.4. The van der Waals surface area contributed by atoms with Crippen LogP contribution >= 0.6 is 0 Å². The minimum Gasteiger partial charge on any atom is -0.483 e. The molecule has 0 aliphatic heterocycles. The molecule has 0 atom stereocenters. The molecule has 72 valence electrons. The van der Waals surface area contributed by atoms with Gasteiger partial charge in [-0.25, -0.2) is 0 Å². The zero-order chi connectivity index (χ0) is 10.4. The summed E-state index contributed by atoms with van der Waals surface area (Å²) in [6.07, 6.45) is 2.08. The summed E-state index contributed by atoms with van der Waals surface area (Å²) in [4.78, 5) is 18.1. The maximum atomic E-state index is 9.76. The second kappa shape index (κ2) is 22.6. The van der Waals surface area contributed by atoms with E-state index < -0.39 is 5.97 Å². The molecule has 0 aliphatic rings. The van der Waals surface area contributed by atoms with Crippen molar-refractivity contribution in [2.45, 2.75) is 26.2 Å². The molecule has 0 aromatic carbocycles. The summed E-state index contributed by atoms with van der Waals surface area (Å²) in [5.41, 5.74) is 0. The van der Waals surface area contributed by atoms with Crippen molar-refractivity contribution in [2.24, 2.45) is 0 Å². The summed E-state index contributed by atoms with van der Waals surface area (Å²) < 4.78 is 0. The molecular formula is C8H16O4. The van der Waals surface area contributed by atoms with Crippen LogP contribution in [0.15, 0.2) is 13.2 Å². The molecule has 4 heteroatoms. The molecule has 0 saturated carbocycles. The summed E-state index contributed by atoms with van der Waals surface area (Å²) in [6, 6.07) is 0. The fraction of sp³-hybridized carbons (Fsp3) is 0.500. The fourth-order valence-corrected chi connectivity index (χ4v) is 0.328. The van der Waals surface area contributed by atoms with Gasteiger partial charge in [-0.3, -0.25) is 9.59 Å². The second-order valence-electron chi connectivity index (χ2n) is 1.60. The van der Waals surface area contributed by atoms with Gasteiger partial charge >= 0.3 is 5.97 Å². The van der Waals surface area contributed by atoms with E-state index in [4.69, 9.17) is 15.0 Å². The van der Waals surface area contributed by atoms with Crippen molar-refractivity contribution in [3.63, 3.8) is 0 Å². The van der Waals surface area contributed by atoms with Gasteiger partial charge < -0.3 is 10.2 Å². The Morgan fingerprint density at radius 3 is 1.92 bits per heavy atom. The lowest BCUT2D eigenvalue weighted by Gasteiger charge is -1.85. The van der Waals surface area contributed by atoms with Gasteiger partial charge in [-0.15, -0.1) is 13.2 Å². The van der Waals surface area contributed by atoms with Gasteiger partial charge in [0.25, 0.3) is 6.47 Å². The Morgan fingerprint density at radius 2 is 1.83 bits per heavy atom. The number of carboxylic acids is 1. The molecule has 0 rings (SSSR count). The Hall–Kier alpha value is -1.32. The van der Waals surface area contributed by atoms with Crippen LogP contribution in [-0.4, -0.2) is 22.7 Å². The first kappa shape index (κ1) is 17.0. The molecule has 0 aromatic heterocycles. The predicted molar refractivity (Wildman–Crippen MR) is 47.1 cm³/mol. The summed E-state index contributed by atoms with van der Waals surface area (Å²) >= 11 is 0. The van der Waals surface area contributed by atoms with Crippen molar-refractivity contribution >= 4 is 12.4 Å². The molecule has 0 spiro atoms. The van der Waals surface area contributed by atoms with Crippen LogP contribution in [0.4, 0.5) is 0 Å². The highest BCUT2D eigenvalue weighted by Gasteiger charge is 1.90. The SMILES string of the molecule is C=C.CCCCC(=O)O.O=CO. The standard InChI is InChI=1S/C5H10O2.C2H4.CH2O2/c1-2-3-4-5(6)7;1-2;2-1-3/h2-4H2,1H3,(H,6,7);1-2H2;1H,(H,2,3). The first-order valence-electron chi connectivity index (χ1n) is 3.48. The average molecular weight is 176 g/mol. The number of aliphatic carboxylic acids is 1. The molecule has 4 nitrogen and oxygen atoms in total. The third kappa shape index (κ3) is 71.3. The lowest BCUT2D eigenvalue weighted by molar-refractivity contribution is -0.137. The van der Waals surface area contributed by atoms with Crippen molar-refractivity contribution in [2.75, 3.05) is 0 Å². The van der Waals surface area contributed by atoms with Gasteiger partial charge in [-0.2, -0.15) is 0 Å². The highest BCUT2D eigenvalue weighted by molar-refractivity contribution is 5.66. The average Bonchev–Trinajstić information content (AvgIpc) is 2.06. The normalized spacial score (nSPS) is 6.42. The Kier molecular flexibility index (Phi) is 32.0. The van der Waals surface area contributed by atoms with Crippen LogP contribution in [0.3, 0.4) is 0 Å². The topological polar surface area (TPSA) is 74.6 Å². The van der Waals surface area contributed by atoms with Gasteiger partial charge in [-0.1, -0.05) is 13.3 Å². The number of carboxylic acid groups (broad SMARTS) is 2. The molecule has 0 amide bonds. The highest BCUT2D eigenvalue weighted by Crippen LogP contribution is 1.91. The zero-order valence-corrected chi connectivity index (χ0v) is 7.32. The molecule has 0 radical (unpaired) electrons. The summed E-state index contributed by atoms with van der Waals surface area (Å²) in [7, 11) is 0. The first-order valence-corrected chi connectivity index (χ1v) is 3.48. The van der Waals surface area contributed by atoms with Gasteiger partial charge in [0.2, 0.25) is 0 Å². The van der Waals surface area contributed by atoms with E-state index in [0.29, 0.717) is 6.42 Å². The van der Waals surface area contributed by atoms with E-state index in [1.54, 1.807) is 0 Å². The monoisotopic (exact) mass is 176 g/mol. The third-order valence-corrected chi connectivity index (χ3v) is 0.744. The molecule has 12 heavy (non-hydrogen) atoms. The third-order valence-electron chi connectivity index (χ3n) is 0.744. The van der Waals surface area contributed by atoms with Crippen LogP contribution in [0.1, 0.15) is 26.2 Å². The van der Waals surface area contributed by atoms with Crippen molar-refractivity contribution in [3.05, 3.63) is 13.2 Å². The number of unbranched alkanes of at least 4 members (excludes halogenated alkanes) is 1. The fourth-order valence-electron chi connectivity index (χ4n) is 0.328. The smallest absolute Gasteiger partial charge is 0.303 e. The van der Waals surface area contributed by atoms with Crippen LogP contribution in [0, 0.1) is 0 Å². The molecule has 0 aromatic rings. The molecule has 0 unspecified atom stereocenters. The second-order valence-corrected chi connectivity index (χ2v) is 1.60. The van der Waals surface area contributed by atoms with Crippen molar-refractivity contribution in [1.82, 2.24) is 0 Å². The number of hydrogen-bond donors (Lipinski definition) is 2. The number of rotatable bonds is 3. The van der Waals surface area contributed by atoms with Gasteiger partial charge in [-0.05, 0) is 6.42 Å². The van der Waals surface area contributed by atoms with E-state index in [2.05, 4.69) is 13.2 Å². The maximum absolute atomic E-state index is 9.76. The Labute approximate surface area is 72.5 Å². The lowest BCUT2D eigenvalue weighted by atomic mass is 10.3. The molecule has 0 bridgehead atoms. The zero-order valence-electron chi connectivity index (χ0n) is 7.32. The molecule has 0 aliphatic carbocycles. The first-order chi connectivity index (χ1) is 5.68. The molecule has 2 N–H and O–H groups in total. The van der Waals surface area contributed by atoms with Crippen LogP contribution in [-0.2, 0) is 9.59 Å². The van der Waals surface area contributed by atoms with Crippen molar-refractivity contribution in [1.29, 1.82) is 0 Å². The quantitative estimate of drug-likeness (QED) is 0.507. The molecule has 0 fully saturated rings. The Morgan fingerprint density at radius 1 is 1.50 bits per heavy atom. The Balaban J connectivity index is -0.000000137. The van der Waals surface area contributed by atoms with E-state index >= 15 is 0 Å². The minimum absolute atomic E-state index is 0.250. The summed E-state index contributed by atoms with van der Waals surface area (Å²) in [5.74, 6) is -0.693. The summed E-state index contributed by atoms with van der Waals surface area (Å²) in [5, 5.41) is 14.9. The Bertz CT molecular complexity index is 101. The van der Waals surface area contributed by atoms with Gasteiger partial charge in [0, 0.05) is 6.42 Å². The molecular weight excluding hydrogens is 160 g/mol. The minimum atomic E-state index is -0.693. The number of carbonyl (C=O) groups is 2. The van der Waals surface area contributed by atoms with Crippen LogP contribution in [0.25, 0.3) is 0 Å². The van der Waals surface area contributed by atoms with Crippen LogP contribution < -0.4 is 0 Å².